The monoisotopic (exact) mass is 317 g/mol. The number of amides is 1. The lowest BCUT2D eigenvalue weighted by Gasteiger charge is -2.22. The Kier molecular flexibility index (Phi) is 5.87. The van der Waals surface area contributed by atoms with Crippen LogP contribution in [0.4, 0.5) is 0 Å². The highest BCUT2D eigenvalue weighted by molar-refractivity contribution is 5.78. The highest BCUT2D eigenvalue weighted by Crippen LogP contribution is 2.09. The van der Waals surface area contributed by atoms with Crippen molar-refractivity contribution < 1.29 is 9.90 Å². The van der Waals surface area contributed by atoms with Gasteiger partial charge in [0, 0.05) is 12.8 Å². The first-order valence-electron chi connectivity index (χ1n) is 7.93. The molecule has 0 aliphatic carbocycles. The summed E-state index contributed by atoms with van der Waals surface area (Å²) in [7, 11) is 0. The normalized spacial score (nSPS) is 13.7. The molecule has 2 aromatic rings. The van der Waals surface area contributed by atoms with Gasteiger partial charge in [0.15, 0.2) is 0 Å². The average Bonchev–Trinajstić information content (AvgIpc) is 2.57. The Balaban J connectivity index is 2.00. The fourth-order valence-electron chi connectivity index (χ4n) is 2.42. The summed E-state index contributed by atoms with van der Waals surface area (Å²) >= 11 is 0. The Morgan fingerprint density at radius 3 is 2.83 bits per heavy atom. The van der Waals surface area contributed by atoms with Gasteiger partial charge >= 0.3 is 0 Å². The molecule has 1 aromatic carbocycles. The lowest BCUT2D eigenvalue weighted by atomic mass is 10.00. The lowest BCUT2D eigenvalue weighted by Crippen LogP contribution is -2.42. The van der Waals surface area contributed by atoms with Crippen molar-refractivity contribution in [2.75, 3.05) is 6.61 Å². The molecule has 0 spiro atoms. The number of aryl methyl sites for hydroxylation is 1. The van der Waals surface area contributed by atoms with E-state index in [0.717, 1.165) is 6.42 Å². The first-order valence-corrected chi connectivity index (χ1v) is 7.93. The number of nitrogens with one attached hydrogen (secondary N) is 2. The molecule has 0 unspecified atom stereocenters. The van der Waals surface area contributed by atoms with Gasteiger partial charge in [-0.1, -0.05) is 32.4 Å². The molecule has 23 heavy (non-hydrogen) atoms. The SMILES string of the molecule is CC[C@H](C)[C@H](CO)NC(=O)CCc1nc2ccccc2c(=O)[nH]1. The average molecular weight is 317 g/mol. The zero-order valence-electron chi connectivity index (χ0n) is 13.5. The second kappa shape index (κ2) is 7.87. The molecule has 0 aliphatic rings. The van der Waals surface area contributed by atoms with E-state index >= 15 is 0 Å². The van der Waals surface area contributed by atoms with Crippen LogP contribution < -0.4 is 10.9 Å². The Labute approximate surface area is 135 Å². The Morgan fingerprint density at radius 1 is 1.39 bits per heavy atom. The van der Waals surface area contributed by atoms with Gasteiger partial charge < -0.3 is 15.4 Å². The molecule has 0 fully saturated rings. The maximum Gasteiger partial charge on any atom is 0.258 e. The summed E-state index contributed by atoms with van der Waals surface area (Å²) in [5, 5.41) is 12.7. The lowest BCUT2D eigenvalue weighted by molar-refractivity contribution is -0.122. The zero-order chi connectivity index (χ0) is 16.8. The molecule has 124 valence electrons. The van der Waals surface area contributed by atoms with Crippen LogP contribution in [0.5, 0.6) is 0 Å². The zero-order valence-corrected chi connectivity index (χ0v) is 13.5. The number of H-pyrrole nitrogens is 1. The molecule has 6 nitrogen and oxygen atoms in total. The van der Waals surface area contributed by atoms with Gasteiger partial charge in [0.1, 0.15) is 5.82 Å². The summed E-state index contributed by atoms with van der Waals surface area (Å²) in [6.45, 7) is 3.93. The van der Waals surface area contributed by atoms with Crippen LogP contribution in [-0.4, -0.2) is 33.6 Å². The third-order valence-electron chi connectivity index (χ3n) is 4.12. The van der Waals surface area contributed by atoms with E-state index in [4.69, 9.17) is 0 Å². The smallest absolute Gasteiger partial charge is 0.258 e. The Morgan fingerprint density at radius 2 is 2.13 bits per heavy atom. The third kappa shape index (κ3) is 4.39. The van der Waals surface area contributed by atoms with Crippen molar-refractivity contribution in [1.29, 1.82) is 0 Å². The predicted molar refractivity (Wildman–Crippen MR) is 89.2 cm³/mol. The van der Waals surface area contributed by atoms with E-state index in [9.17, 15) is 14.7 Å². The highest BCUT2D eigenvalue weighted by Gasteiger charge is 2.17. The van der Waals surface area contributed by atoms with Crippen LogP contribution in [0.3, 0.4) is 0 Å². The molecule has 0 aliphatic heterocycles. The maximum absolute atomic E-state index is 12.0. The van der Waals surface area contributed by atoms with E-state index in [1.165, 1.54) is 0 Å². The summed E-state index contributed by atoms with van der Waals surface area (Å²) < 4.78 is 0. The molecule has 2 rings (SSSR count). The minimum Gasteiger partial charge on any atom is -0.394 e. The molecule has 3 N–H and O–H groups in total. The Hall–Kier alpha value is -2.21. The molecular formula is C17H23N3O3. The van der Waals surface area contributed by atoms with Crippen molar-refractivity contribution in [2.45, 2.75) is 39.2 Å². The fourth-order valence-corrected chi connectivity index (χ4v) is 2.42. The van der Waals surface area contributed by atoms with E-state index < -0.39 is 0 Å². The number of rotatable bonds is 7. The van der Waals surface area contributed by atoms with Crippen molar-refractivity contribution in [3.8, 4) is 0 Å². The molecule has 0 saturated carbocycles. The quantitative estimate of drug-likeness (QED) is 0.719. The van der Waals surface area contributed by atoms with E-state index in [1.807, 2.05) is 19.9 Å². The molecule has 0 saturated heterocycles. The number of fused-ring (bicyclic) bond motifs is 1. The van der Waals surface area contributed by atoms with Crippen LogP contribution in [0.15, 0.2) is 29.1 Å². The predicted octanol–water partition coefficient (Wildman–Crippen LogP) is 1.38. The summed E-state index contributed by atoms with van der Waals surface area (Å²) in [6, 6.07) is 6.87. The van der Waals surface area contributed by atoms with Crippen LogP contribution in [0.1, 0.15) is 32.5 Å². The van der Waals surface area contributed by atoms with Crippen LogP contribution in [0.2, 0.25) is 0 Å². The number of para-hydroxylation sites is 1. The number of aromatic amines is 1. The number of carbonyl (C=O) groups is 1. The van der Waals surface area contributed by atoms with Crippen LogP contribution in [0.25, 0.3) is 10.9 Å². The highest BCUT2D eigenvalue weighted by atomic mass is 16.3. The standard InChI is InChI=1S/C17H23N3O3/c1-3-11(2)14(10-21)19-16(22)9-8-15-18-13-7-5-4-6-12(13)17(23)20-15/h4-7,11,14,21H,3,8-10H2,1-2H3,(H,19,22)(H,18,20,23)/t11-,14-/m0/s1. The molecular weight excluding hydrogens is 294 g/mol. The summed E-state index contributed by atoms with van der Waals surface area (Å²) in [5.74, 6) is 0.552. The van der Waals surface area contributed by atoms with Gasteiger partial charge in [0.2, 0.25) is 5.91 Å². The Bertz CT molecular complexity index is 726. The van der Waals surface area contributed by atoms with Crippen molar-refractivity contribution in [2.24, 2.45) is 5.92 Å². The first-order chi connectivity index (χ1) is 11.0. The van der Waals surface area contributed by atoms with Crippen LogP contribution >= 0.6 is 0 Å². The molecule has 6 heteroatoms. The maximum atomic E-state index is 12.0. The second-order valence-electron chi connectivity index (χ2n) is 5.77. The van der Waals surface area contributed by atoms with Gasteiger partial charge in [-0.2, -0.15) is 0 Å². The molecule has 1 amide bonds. The minimum atomic E-state index is -0.240. The number of aliphatic hydroxyl groups excluding tert-OH is 1. The van der Waals surface area contributed by atoms with Crippen molar-refractivity contribution >= 4 is 16.8 Å². The van der Waals surface area contributed by atoms with E-state index in [1.54, 1.807) is 18.2 Å². The van der Waals surface area contributed by atoms with Gasteiger partial charge in [-0.25, -0.2) is 4.98 Å². The van der Waals surface area contributed by atoms with Gasteiger partial charge in [0.05, 0.1) is 23.6 Å². The minimum absolute atomic E-state index is 0.0776. The van der Waals surface area contributed by atoms with E-state index in [-0.39, 0.29) is 36.5 Å². The molecule has 1 heterocycles. The number of carbonyl (C=O) groups excluding carboxylic acids is 1. The first kappa shape index (κ1) is 17.1. The number of hydrogen-bond donors (Lipinski definition) is 3. The summed E-state index contributed by atoms with van der Waals surface area (Å²) in [4.78, 5) is 31.1. The number of hydrogen-bond acceptors (Lipinski definition) is 4. The van der Waals surface area contributed by atoms with Crippen molar-refractivity contribution in [3.63, 3.8) is 0 Å². The van der Waals surface area contributed by atoms with E-state index in [2.05, 4.69) is 15.3 Å². The summed E-state index contributed by atoms with van der Waals surface area (Å²) in [5.41, 5.74) is 0.429. The number of aliphatic hydroxyl groups is 1. The topological polar surface area (TPSA) is 95.1 Å². The number of aromatic nitrogens is 2. The van der Waals surface area contributed by atoms with Crippen molar-refractivity contribution in [1.82, 2.24) is 15.3 Å². The fraction of sp³-hybridized carbons (Fsp3) is 0.471. The van der Waals surface area contributed by atoms with Gasteiger partial charge in [-0.05, 0) is 18.1 Å². The van der Waals surface area contributed by atoms with Crippen LogP contribution in [0, 0.1) is 5.92 Å². The molecule has 2 atom stereocenters. The molecule has 0 bridgehead atoms. The second-order valence-corrected chi connectivity index (χ2v) is 5.77. The number of benzene rings is 1. The van der Waals surface area contributed by atoms with Gasteiger partial charge in [-0.15, -0.1) is 0 Å². The van der Waals surface area contributed by atoms with Gasteiger partial charge in [0.25, 0.3) is 5.56 Å². The van der Waals surface area contributed by atoms with Crippen molar-refractivity contribution in [3.05, 3.63) is 40.4 Å². The number of nitrogens with zero attached hydrogens (tertiary/aromatic N) is 1. The van der Waals surface area contributed by atoms with Crippen LogP contribution in [-0.2, 0) is 11.2 Å². The molecule has 1 aromatic heterocycles. The van der Waals surface area contributed by atoms with E-state index in [0.29, 0.717) is 23.1 Å². The molecule has 0 radical (unpaired) electrons. The summed E-state index contributed by atoms with van der Waals surface area (Å²) in [6.07, 6.45) is 1.45. The third-order valence-corrected chi connectivity index (χ3v) is 4.12. The largest absolute Gasteiger partial charge is 0.394 e. The van der Waals surface area contributed by atoms with Gasteiger partial charge in [-0.3, -0.25) is 9.59 Å².